The maximum absolute atomic E-state index is 12.6. The third-order valence-corrected chi connectivity index (χ3v) is 9.17. The van der Waals surface area contributed by atoms with E-state index in [4.69, 9.17) is 0 Å². The van der Waals surface area contributed by atoms with E-state index in [1.165, 1.54) is 89.9 Å². The molecule has 3 atom stereocenters. The second-order valence-electron chi connectivity index (χ2n) is 12.6. The van der Waals surface area contributed by atoms with E-state index in [1.54, 1.807) is 0 Å². The minimum Gasteiger partial charge on any atom is -0.544 e. The standard InChI is InChI=1S/C35H67NO6/c1-5-9-10-11-12-13-14-15-16-17-18-19-20-21-22-23-24-25-29-36(30(26-6-2)33(37)38,31(27-7-3)34(39)40)32(28-8-4)35(41)42/h30-32H,5-29H2,1-4H3,(H2-,37,38,39,40,41,42). The summed E-state index contributed by atoms with van der Waals surface area (Å²) in [4.78, 5) is 37.6. The Morgan fingerprint density at radius 2 is 0.762 bits per heavy atom. The van der Waals surface area contributed by atoms with Crippen molar-refractivity contribution in [2.24, 2.45) is 0 Å². The summed E-state index contributed by atoms with van der Waals surface area (Å²) in [5.74, 6) is -3.54. The highest BCUT2D eigenvalue weighted by molar-refractivity contribution is 5.77. The molecule has 0 heterocycles. The molecule has 0 spiro atoms. The molecule has 42 heavy (non-hydrogen) atoms. The summed E-state index contributed by atoms with van der Waals surface area (Å²) in [6.45, 7) is 8.09. The predicted molar refractivity (Wildman–Crippen MR) is 170 cm³/mol. The average Bonchev–Trinajstić information content (AvgIpc) is 2.95. The minimum absolute atomic E-state index is 0.211. The maximum atomic E-state index is 12.6. The van der Waals surface area contributed by atoms with Crippen LogP contribution in [0.1, 0.15) is 182 Å². The lowest BCUT2D eigenvalue weighted by atomic mass is 9.91. The molecular formula is C35H67NO6. The maximum Gasteiger partial charge on any atom is 0.362 e. The van der Waals surface area contributed by atoms with Gasteiger partial charge >= 0.3 is 11.9 Å². The number of carboxylic acid groups (broad SMARTS) is 3. The summed E-state index contributed by atoms with van der Waals surface area (Å²) in [5.41, 5.74) is 0. The molecule has 0 aromatic rings. The van der Waals surface area contributed by atoms with Crippen LogP contribution in [0, 0.1) is 0 Å². The van der Waals surface area contributed by atoms with Gasteiger partial charge in [0, 0.05) is 19.3 Å². The van der Waals surface area contributed by atoms with Crippen molar-refractivity contribution in [2.45, 2.75) is 200 Å². The molecule has 0 bridgehead atoms. The number of unbranched alkanes of at least 4 members (excludes halogenated alkanes) is 17. The molecule has 0 aliphatic rings. The first-order chi connectivity index (χ1) is 20.2. The summed E-state index contributed by atoms with van der Waals surface area (Å²) in [5, 5.41) is 33.0. The van der Waals surface area contributed by atoms with Crippen molar-refractivity contribution in [2.75, 3.05) is 6.54 Å². The third kappa shape index (κ3) is 15.7. The Hall–Kier alpha value is -1.63. The smallest absolute Gasteiger partial charge is 0.362 e. The predicted octanol–water partition coefficient (Wildman–Crippen LogP) is 8.27. The van der Waals surface area contributed by atoms with E-state index in [-0.39, 0.29) is 25.8 Å². The van der Waals surface area contributed by atoms with Gasteiger partial charge in [-0.3, -0.25) is 4.48 Å². The zero-order valence-corrected chi connectivity index (χ0v) is 27.9. The molecule has 0 aromatic carbocycles. The summed E-state index contributed by atoms with van der Waals surface area (Å²) in [7, 11) is 0. The van der Waals surface area contributed by atoms with Crippen LogP contribution in [0.15, 0.2) is 0 Å². The number of carbonyl (C=O) groups is 3. The van der Waals surface area contributed by atoms with Gasteiger partial charge < -0.3 is 20.1 Å². The normalized spacial score (nSPS) is 15.1. The number of carbonyl (C=O) groups excluding carboxylic acids is 1. The van der Waals surface area contributed by atoms with Crippen LogP contribution in [-0.4, -0.2) is 57.3 Å². The summed E-state index contributed by atoms with van der Waals surface area (Å²) < 4.78 is -0.429. The SMILES string of the molecule is CCCCCCCCCCCCCCCCCCCC[N+](C(CCC)C(=O)[O-])(C(CCC)C(=O)O)C(CCC)C(=O)O. The lowest BCUT2D eigenvalue weighted by Gasteiger charge is -2.52. The molecular weight excluding hydrogens is 530 g/mol. The Bertz CT molecular complexity index is 637. The van der Waals surface area contributed by atoms with Gasteiger partial charge in [0.15, 0.2) is 12.1 Å². The Morgan fingerprint density at radius 1 is 0.476 bits per heavy atom. The largest absolute Gasteiger partial charge is 0.544 e. The molecule has 0 aromatic heterocycles. The van der Waals surface area contributed by atoms with Gasteiger partial charge in [0.25, 0.3) is 0 Å². The Balaban J connectivity index is 4.85. The van der Waals surface area contributed by atoms with E-state index in [0.29, 0.717) is 25.7 Å². The van der Waals surface area contributed by atoms with Crippen molar-refractivity contribution in [3.63, 3.8) is 0 Å². The monoisotopic (exact) mass is 597 g/mol. The molecule has 7 nitrogen and oxygen atoms in total. The van der Waals surface area contributed by atoms with Crippen molar-refractivity contribution < 1.29 is 34.2 Å². The van der Waals surface area contributed by atoms with Crippen LogP contribution in [0.5, 0.6) is 0 Å². The van der Waals surface area contributed by atoms with E-state index < -0.39 is 40.5 Å². The number of carboxylic acids is 3. The highest BCUT2D eigenvalue weighted by atomic mass is 16.4. The van der Waals surface area contributed by atoms with E-state index in [0.717, 1.165) is 19.3 Å². The summed E-state index contributed by atoms with van der Waals surface area (Å²) in [6.07, 6.45) is 24.6. The third-order valence-electron chi connectivity index (χ3n) is 9.17. The molecule has 0 fully saturated rings. The molecule has 2 N–H and O–H groups in total. The summed E-state index contributed by atoms with van der Waals surface area (Å²) >= 11 is 0. The molecule has 0 aliphatic carbocycles. The average molecular weight is 598 g/mol. The van der Waals surface area contributed by atoms with Crippen molar-refractivity contribution in [1.82, 2.24) is 0 Å². The number of quaternary nitrogens is 1. The van der Waals surface area contributed by atoms with Gasteiger partial charge in [-0.2, -0.15) is 0 Å². The van der Waals surface area contributed by atoms with Crippen LogP contribution < -0.4 is 5.11 Å². The van der Waals surface area contributed by atoms with Crippen molar-refractivity contribution in [3.8, 4) is 0 Å². The minimum atomic E-state index is -1.33. The van der Waals surface area contributed by atoms with Crippen LogP contribution >= 0.6 is 0 Å². The first kappa shape index (κ1) is 40.4. The molecule has 0 amide bonds. The molecule has 0 saturated heterocycles. The molecule has 248 valence electrons. The molecule has 0 aliphatic heterocycles. The quantitative estimate of drug-likeness (QED) is 0.0614. The molecule has 0 radical (unpaired) electrons. The number of hydrogen-bond acceptors (Lipinski definition) is 4. The van der Waals surface area contributed by atoms with Gasteiger partial charge in [0.2, 0.25) is 0 Å². The van der Waals surface area contributed by atoms with Crippen LogP contribution in [0.25, 0.3) is 0 Å². The van der Waals surface area contributed by atoms with Gasteiger partial charge in [0.05, 0.1) is 12.5 Å². The van der Waals surface area contributed by atoms with Gasteiger partial charge in [0.1, 0.15) is 6.04 Å². The zero-order chi connectivity index (χ0) is 31.6. The fourth-order valence-corrected chi connectivity index (χ4v) is 6.92. The second kappa shape index (κ2) is 25.8. The lowest BCUT2D eigenvalue weighted by molar-refractivity contribution is -0.975. The van der Waals surface area contributed by atoms with Crippen LogP contribution in [0.3, 0.4) is 0 Å². The lowest BCUT2D eigenvalue weighted by Crippen LogP contribution is -2.74. The second-order valence-corrected chi connectivity index (χ2v) is 12.6. The van der Waals surface area contributed by atoms with Gasteiger partial charge in [-0.05, 0) is 25.7 Å². The van der Waals surface area contributed by atoms with Crippen LogP contribution in [0.2, 0.25) is 0 Å². The molecule has 7 heteroatoms. The number of nitrogens with zero attached hydrogens (tertiary/aromatic N) is 1. The van der Waals surface area contributed by atoms with E-state index in [2.05, 4.69) is 6.92 Å². The fourth-order valence-electron chi connectivity index (χ4n) is 6.92. The van der Waals surface area contributed by atoms with Gasteiger partial charge in [-0.15, -0.1) is 0 Å². The first-order valence-electron chi connectivity index (χ1n) is 17.8. The topological polar surface area (TPSA) is 115 Å². The van der Waals surface area contributed by atoms with E-state index in [1.807, 2.05) is 20.8 Å². The zero-order valence-electron chi connectivity index (χ0n) is 27.9. The van der Waals surface area contributed by atoms with Crippen molar-refractivity contribution in [1.29, 1.82) is 0 Å². The number of hydrogen-bond donors (Lipinski definition) is 2. The van der Waals surface area contributed by atoms with E-state index >= 15 is 0 Å². The Morgan fingerprint density at radius 3 is 1.02 bits per heavy atom. The molecule has 0 saturated carbocycles. The Labute approximate surface area is 258 Å². The fraction of sp³-hybridized carbons (Fsp3) is 0.914. The number of aliphatic carboxylic acids is 3. The van der Waals surface area contributed by atoms with Crippen LogP contribution in [-0.2, 0) is 14.4 Å². The van der Waals surface area contributed by atoms with E-state index in [9.17, 15) is 29.7 Å². The summed E-state index contributed by atoms with van der Waals surface area (Å²) in [6, 6.07) is -3.31. The van der Waals surface area contributed by atoms with Crippen molar-refractivity contribution in [3.05, 3.63) is 0 Å². The van der Waals surface area contributed by atoms with Crippen molar-refractivity contribution >= 4 is 17.9 Å². The van der Waals surface area contributed by atoms with Crippen LogP contribution in [0.4, 0.5) is 0 Å². The number of rotatable bonds is 31. The first-order valence-corrected chi connectivity index (χ1v) is 17.8. The van der Waals surface area contributed by atoms with Gasteiger partial charge in [-0.25, -0.2) is 9.59 Å². The Kier molecular flexibility index (Phi) is 24.8. The highest BCUT2D eigenvalue weighted by Crippen LogP contribution is 2.34. The highest BCUT2D eigenvalue weighted by Gasteiger charge is 2.54. The molecule has 0 rings (SSSR count). The molecule has 3 unspecified atom stereocenters. The van der Waals surface area contributed by atoms with Gasteiger partial charge in [-0.1, -0.05) is 137 Å².